The first-order valence-electron chi connectivity index (χ1n) is 8.25. The van der Waals surface area contributed by atoms with Crippen LogP contribution >= 0.6 is 11.6 Å². The first-order valence-corrected chi connectivity index (χ1v) is 8.62. The van der Waals surface area contributed by atoms with Crippen LogP contribution in [0.1, 0.15) is 23.9 Å². The third-order valence-electron chi connectivity index (χ3n) is 4.40. The van der Waals surface area contributed by atoms with E-state index in [4.69, 9.17) is 26.1 Å². The highest BCUT2D eigenvalue weighted by atomic mass is 35.5. The normalized spacial score (nSPS) is 15.0. The highest BCUT2D eigenvalue weighted by Crippen LogP contribution is 2.39. The molecule has 1 atom stereocenters. The van der Waals surface area contributed by atoms with Crippen molar-refractivity contribution >= 4 is 17.6 Å². The Morgan fingerprint density at radius 1 is 1.27 bits per heavy atom. The molecule has 5 nitrogen and oxygen atoms in total. The fourth-order valence-electron chi connectivity index (χ4n) is 3.03. The molecule has 0 fully saturated rings. The molecule has 3 aromatic rings. The number of methoxy groups -OCH3 is 1. The Hall–Kier alpha value is -2.79. The van der Waals surface area contributed by atoms with E-state index in [1.54, 1.807) is 12.1 Å². The van der Waals surface area contributed by atoms with E-state index in [1.165, 1.54) is 12.7 Å². The molecule has 2 aromatic carbocycles. The van der Waals surface area contributed by atoms with Crippen molar-refractivity contribution in [3.05, 3.63) is 65.1 Å². The zero-order valence-corrected chi connectivity index (χ0v) is 15.2. The average molecular weight is 369 g/mol. The molecule has 0 aliphatic carbocycles. The number of halogens is 1. The van der Waals surface area contributed by atoms with Crippen LogP contribution < -0.4 is 4.74 Å². The van der Waals surface area contributed by atoms with E-state index >= 15 is 0 Å². The second-order valence-corrected chi connectivity index (χ2v) is 6.66. The summed E-state index contributed by atoms with van der Waals surface area (Å²) in [5, 5.41) is 0.607. The molecule has 6 heteroatoms. The summed E-state index contributed by atoms with van der Waals surface area (Å²) in [6.07, 6.45) is 1.51. The number of ether oxygens (including phenoxy) is 2. The van der Waals surface area contributed by atoms with Crippen LogP contribution in [0, 0.1) is 6.92 Å². The second kappa shape index (κ2) is 6.50. The molecule has 0 bridgehead atoms. The summed E-state index contributed by atoms with van der Waals surface area (Å²) in [5.41, 5.74) is 3.80. The van der Waals surface area contributed by atoms with Gasteiger partial charge < -0.3 is 9.47 Å². The quantitative estimate of drug-likeness (QED) is 0.639. The number of carbonyl (C=O) groups excluding carboxylic acids is 1. The first kappa shape index (κ1) is 16.7. The average Bonchev–Trinajstić information content (AvgIpc) is 3.08. The molecule has 26 heavy (non-hydrogen) atoms. The van der Waals surface area contributed by atoms with E-state index in [-0.39, 0.29) is 12.4 Å². The SMILES string of the molecule is COC(=O)CC1Oc2ccc(Cl)cc2-n2cc(-c3ccc(C)cc3)nc21. The summed E-state index contributed by atoms with van der Waals surface area (Å²) in [6, 6.07) is 13.5. The Bertz CT molecular complexity index is 979. The van der Waals surface area contributed by atoms with Crippen LogP contribution in [-0.4, -0.2) is 22.6 Å². The lowest BCUT2D eigenvalue weighted by Gasteiger charge is -2.26. The number of rotatable bonds is 3. The Balaban J connectivity index is 1.83. The standard InChI is InChI=1S/C20H17ClN2O3/c1-12-3-5-13(6-4-12)15-11-23-16-9-14(21)7-8-17(16)26-18(20(23)22-15)10-19(24)25-2/h3-9,11,18H,10H2,1-2H3. The maximum atomic E-state index is 11.8. The Morgan fingerprint density at radius 3 is 2.77 bits per heavy atom. The lowest BCUT2D eigenvalue weighted by Crippen LogP contribution is -2.22. The fourth-order valence-corrected chi connectivity index (χ4v) is 3.20. The van der Waals surface area contributed by atoms with Crippen molar-refractivity contribution in [3.63, 3.8) is 0 Å². The van der Waals surface area contributed by atoms with Crippen LogP contribution in [0.3, 0.4) is 0 Å². The monoisotopic (exact) mass is 368 g/mol. The summed E-state index contributed by atoms with van der Waals surface area (Å²) in [7, 11) is 1.36. The van der Waals surface area contributed by atoms with Crippen LogP contribution in [-0.2, 0) is 9.53 Å². The molecule has 4 rings (SSSR count). The van der Waals surface area contributed by atoms with Gasteiger partial charge in [0.05, 0.1) is 24.9 Å². The minimum atomic E-state index is -0.518. The molecule has 2 heterocycles. The molecule has 0 amide bonds. The topological polar surface area (TPSA) is 53.4 Å². The summed E-state index contributed by atoms with van der Waals surface area (Å²) in [6.45, 7) is 2.04. The molecule has 0 saturated heterocycles. The maximum Gasteiger partial charge on any atom is 0.309 e. The van der Waals surface area contributed by atoms with E-state index in [2.05, 4.69) is 0 Å². The third-order valence-corrected chi connectivity index (χ3v) is 4.63. The Morgan fingerprint density at radius 2 is 2.04 bits per heavy atom. The summed E-state index contributed by atoms with van der Waals surface area (Å²) >= 11 is 6.16. The zero-order valence-electron chi connectivity index (χ0n) is 14.4. The van der Waals surface area contributed by atoms with Crippen LogP contribution in [0.4, 0.5) is 0 Å². The maximum absolute atomic E-state index is 11.8. The second-order valence-electron chi connectivity index (χ2n) is 6.22. The summed E-state index contributed by atoms with van der Waals surface area (Å²) < 4.78 is 12.8. The smallest absolute Gasteiger partial charge is 0.309 e. The van der Waals surface area contributed by atoms with Gasteiger partial charge in [0.15, 0.2) is 11.9 Å². The summed E-state index contributed by atoms with van der Waals surface area (Å²) in [5.74, 6) is 0.961. The van der Waals surface area contributed by atoms with Crippen LogP contribution in [0.15, 0.2) is 48.7 Å². The van der Waals surface area contributed by atoms with Gasteiger partial charge in [-0.15, -0.1) is 0 Å². The highest BCUT2D eigenvalue weighted by Gasteiger charge is 2.31. The lowest BCUT2D eigenvalue weighted by molar-refractivity contribution is -0.142. The molecule has 1 aliphatic heterocycles. The minimum Gasteiger partial charge on any atom is -0.480 e. The van der Waals surface area contributed by atoms with Gasteiger partial charge in [0, 0.05) is 16.8 Å². The third kappa shape index (κ3) is 2.95. The highest BCUT2D eigenvalue weighted by molar-refractivity contribution is 6.30. The van der Waals surface area contributed by atoms with Crippen molar-refractivity contribution in [2.45, 2.75) is 19.4 Å². The molecule has 1 aromatic heterocycles. The van der Waals surface area contributed by atoms with E-state index in [1.807, 2.05) is 48.0 Å². The minimum absolute atomic E-state index is 0.0862. The van der Waals surface area contributed by atoms with Gasteiger partial charge >= 0.3 is 5.97 Å². The van der Waals surface area contributed by atoms with Crippen molar-refractivity contribution < 1.29 is 14.3 Å². The predicted octanol–water partition coefficient (Wildman–Crippen LogP) is 4.50. The zero-order chi connectivity index (χ0) is 18.3. The Kier molecular flexibility index (Phi) is 4.17. The number of carbonyl (C=O) groups is 1. The van der Waals surface area contributed by atoms with Crippen molar-refractivity contribution in [3.8, 4) is 22.7 Å². The molecule has 132 valence electrons. The molecule has 0 radical (unpaired) electrons. The van der Waals surface area contributed by atoms with E-state index in [0.29, 0.717) is 16.6 Å². The number of aryl methyl sites for hydroxylation is 1. The van der Waals surface area contributed by atoms with Crippen LogP contribution in [0.5, 0.6) is 5.75 Å². The summed E-state index contributed by atoms with van der Waals surface area (Å²) in [4.78, 5) is 16.5. The van der Waals surface area contributed by atoms with Crippen molar-refractivity contribution in [2.24, 2.45) is 0 Å². The molecular formula is C20H17ClN2O3. The van der Waals surface area contributed by atoms with Gasteiger partial charge in [-0.2, -0.15) is 0 Å². The van der Waals surface area contributed by atoms with Gasteiger partial charge in [0.2, 0.25) is 0 Å². The van der Waals surface area contributed by atoms with Gasteiger partial charge in [-0.3, -0.25) is 9.36 Å². The number of benzene rings is 2. The van der Waals surface area contributed by atoms with Gasteiger partial charge in [0.1, 0.15) is 5.75 Å². The number of fused-ring (bicyclic) bond motifs is 3. The predicted molar refractivity (Wildman–Crippen MR) is 98.7 cm³/mol. The van der Waals surface area contributed by atoms with Gasteiger partial charge in [-0.25, -0.2) is 4.98 Å². The molecule has 0 N–H and O–H groups in total. The van der Waals surface area contributed by atoms with E-state index in [0.717, 1.165) is 16.9 Å². The Labute approximate surface area is 156 Å². The molecule has 1 aliphatic rings. The molecule has 1 unspecified atom stereocenters. The van der Waals surface area contributed by atoms with Crippen LogP contribution in [0.25, 0.3) is 16.9 Å². The molecule has 0 saturated carbocycles. The number of esters is 1. The number of hydrogen-bond acceptors (Lipinski definition) is 4. The van der Waals surface area contributed by atoms with E-state index < -0.39 is 6.10 Å². The molecule has 0 spiro atoms. The number of nitrogens with zero attached hydrogens (tertiary/aromatic N) is 2. The first-order chi connectivity index (χ1) is 12.5. The van der Waals surface area contributed by atoms with Crippen LogP contribution in [0.2, 0.25) is 5.02 Å². The van der Waals surface area contributed by atoms with Gasteiger partial charge in [0.25, 0.3) is 0 Å². The van der Waals surface area contributed by atoms with Crippen molar-refractivity contribution in [2.75, 3.05) is 7.11 Å². The lowest BCUT2D eigenvalue weighted by atomic mass is 10.1. The number of aromatic nitrogens is 2. The van der Waals surface area contributed by atoms with Crippen molar-refractivity contribution in [1.82, 2.24) is 9.55 Å². The van der Waals surface area contributed by atoms with Gasteiger partial charge in [-0.05, 0) is 25.1 Å². The molecular weight excluding hydrogens is 352 g/mol. The fraction of sp³-hybridized carbons (Fsp3) is 0.200. The van der Waals surface area contributed by atoms with Crippen molar-refractivity contribution in [1.29, 1.82) is 0 Å². The number of hydrogen-bond donors (Lipinski definition) is 0. The number of imidazole rings is 1. The van der Waals surface area contributed by atoms with E-state index in [9.17, 15) is 4.79 Å². The largest absolute Gasteiger partial charge is 0.480 e. The van der Waals surface area contributed by atoms with Gasteiger partial charge in [-0.1, -0.05) is 41.4 Å².